The molecule has 4 heterocycles. The number of nitrogens with one attached hydrogen (secondary N) is 2. The van der Waals surface area contributed by atoms with Crippen molar-refractivity contribution < 1.29 is 21.1 Å². The second-order valence-corrected chi connectivity index (χ2v) is 5.20. The number of H-pyrrole nitrogens is 2. The number of hydrogen-bond donors (Lipinski definition) is 2. The van der Waals surface area contributed by atoms with Crippen molar-refractivity contribution in [3.8, 4) is 22.8 Å². The van der Waals surface area contributed by atoms with Crippen LogP contribution in [0.25, 0.3) is 22.8 Å². The van der Waals surface area contributed by atoms with E-state index in [0.29, 0.717) is 4.77 Å². The van der Waals surface area contributed by atoms with Gasteiger partial charge in [-0.2, -0.15) is 0 Å². The summed E-state index contributed by atoms with van der Waals surface area (Å²) in [5.41, 5.74) is 3.46. The summed E-state index contributed by atoms with van der Waals surface area (Å²) in [6.07, 6.45) is 7.04. The summed E-state index contributed by atoms with van der Waals surface area (Å²) in [4.78, 5) is 18.7. The molecule has 0 radical (unpaired) electrons. The Morgan fingerprint density at radius 2 is 1.12 bits per heavy atom. The summed E-state index contributed by atoms with van der Waals surface area (Å²) in [5.74, 6) is 0. The van der Waals surface area contributed by atoms with Gasteiger partial charge in [0.05, 0.1) is 22.8 Å². The first-order chi connectivity index (χ1) is 11.8. The zero-order valence-corrected chi connectivity index (χ0v) is 16.2. The van der Waals surface area contributed by atoms with Crippen LogP contribution in [-0.4, -0.2) is 24.9 Å². The van der Waals surface area contributed by atoms with E-state index in [9.17, 15) is 0 Å². The van der Waals surface area contributed by atoms with Crippen molar-refractivity contribution in [3.63, 3.8) is 0 Å². The Kier molecular flexibility index (Phi) is 7.38. The van der Waals surface area contributed by atoms with Gasteiger partial charge < -0.3 is 9.97 Å². The molecule has 0 saturated heterocycles. The monoisotopic (exact) mass is 528 g/mol. The van der Waals surface area contributed by atoms with Crippen molar-refractivity contribution in [3.05, 3.63) is 84.2 Å². The molecular weight excluding hydrogens is 513 g/mol. The number of aromatic nitrogens is 5. The second kappa shape index (κ2) is 9.76. The molecular formula is C18H15N5PtS+4. The minimum absolute atomic E-state index is 0. The molecule has 4 aromatic rings. The molecule has 0 bridgehead atoms. The van der Waals surface area contributed by atoms with Gasteiger partial charge in [-0.05, 0) is 48.6 Å². The Morgan fingerprint density at radius 1 is 0.640 bits per heavy atom. The van der Waals surface area contributed by atoms with E-state index in [4.69, 9.17) is 0 Å². The molecule has 2 N–H and O–H groups in total. The van der Waals surface area contributed by atoms with Crippen molar-refractivity contribution in [1.82, 2.24) is 24.9 Å². The van der Waals surface area contributed by atoms with Crippen LogP contribution < -0.4 is 0 Å². The van der Waals surface area contributed by atoms with Crippen molar-refractivity contribution in [2.75, 3.05) is 0 Å². The molecule has 7 heteroatoms. The minimum Gasteiger partial charge on any atom is -0.338 e. The van der Waals surface area contributed by atoms with Gasteiger partial charge in [0.15, 0.2) is 4.77 Å². The van der Waals surface area contributed by atoms with Gasteiger partial charge in [-0.15, -0.1) is 0 Å². The molecule has 0 saturated carbocycles. The molecule has 124 valence electrons. The summed E-state index contributed by atoms with van der Waals surface area (Å²) in [7, 11) is 0. The Morgan fingerprint density at radius 3 is 1.48 bits per heavy atom. The van der Waals surface area contributed by atoms with Gasteiger partial charge in [0.25, 0.3) is 0 Å². The Bertz CT molecular complexity index is 867. The number of pyridine rings is 3. The average molecular weight is 528 g/mol. The van der Waals surface area contributed by atoms with Crippen molar-refractivity contribution in [2.45, 2.75) is 0 Å². The fourth-order valence-corrected chi connectivity index (χ4v) is 2.16. The molecule has 0 atom stereocenters. The molecule has 0 spiro atoms. The first-order valence-electron chi connectivity index (χ1n) is 7.35. The molecule has 4 aromatic heterocycles. The Balaban J connectivity index is 0.000000275. The fraction of sp³-hybridized carbons (Fsp3) is 0. The molecule has 5 nitrogen and oxygen atoms in total. The van der Waals surface area contributed by atoms with Gasteiger partial charge in [-0.3, -0.25) is 9.97 Å². The topological polar surface area (TPSA) is 70.2 Å². The van der Waals surface area contributed by atoms with Gasteiger partial charge in [0.1, 0.15) is 0 Å². The first-order valence-corrected chi connectivity index (χ1v) is 7.76. The van der Waals surface area contributed by atoms with E-state index < -0.39 is 0 Å². The number of nitrogens with zero attached hydrogens (tertiary/aromatic N) is 3. The van der Waals surface area contributed by atoms with Crippen LogP contribution in [0.1, 0.15) is 0 Å². The second-order valence-electron chi connectivity index (χ2n) is 4.79. The number of hydrogen-bond acceptors (Lipinski definition) is 4. The third kappa shape index (κ3) is 5.55. The predicted molar refractivity (Wildman–Crippen MR) is 96.7 cm³/mol. The van der Waals surface area contributed by atoms with Crippen LogP contribution in [0.15, 0.2) is 79.4 Å². The van der Waals surface area contributed by atoms with Crippen LogP contribution in [0.2, 0.25) is 0 Å². The number of rotatable bonds is 2. The van der Waals surface area contributed by atoms with E-state index in [1.54, 1.807) is 24.8 Å². The van der Waals surface area contributed by atoms with E-state index in [1.165, 1.54) is 0 Å². The van der Waals surface area contributed by atoms with E-state index >= 15 is 0 Å². The number of aromatic amines is 2. The smallest absolute Gasteiger partial charge is 0.338 e. The Labute approximate surface area is 164 Å². The molecule has 0 amide bonds. The molecule has 0 fully saturated rings. The minimum atomic E-state index is 0. The average Bonchev–Trinajstić information content (AvgIpc) is 3.15. The molecule has 0 aliphatic rings. The molecule has 25 heavy (non-hydrogen) atoms. The third-order valence-corrected chi connectivity index (χ3v) is 3.35. The van der Waals surface area contributed by atoms with E-state index in [-0.39, 0.29) is 21.1 Å². The third-order valence-electron chi connectivity index (χ3n) is 3.12. The molecule has 0 aliphatic heterocycles. The largest absolute Gasteiger partial charge is 4.00 e. The van der Waals surface area contributed by atoms with Gasteiger partial charge in [-0.25, -0.2) is 4.98 Å². The van der Waals surface area contributed by atoms with Crippen LogP contribution in [0.4, 0.5) is 0 Å². The van der Waals surface area contributed by atoms with Crippen LogP contribution in [0.3, 0.4) is 0 Å². The van der Waals surface area contributed by atoms with E-state index in [1.807, 2.05) is 54.6 Å². The van der Waals surface area contributed by atoms with Gasteiger partial charge in [0, 0.05) is 24.8 Å². The molecule has 0 aromatic carbocycles. The predicted octanol–water partition coefficient (Wildman–Crippen LogP) is 4.28. The molecule has 4 rings (SSSR count). The van der Waals surface area contributed by atoms with Crippen molar-refractivity contribution in [2.24, 2.45) is 0 Å². The fourth-order valence-electron chi connectivity index (χ4n) is 2.02. The molecule has 0 unspecified atom stereocenters. The standard InChI is InChI=1S/C15H11N3.C3H4N2S.Pt/c1-3-10-16-12(6-1)14-8-5-9-15(18-14)13-7-2-4-11-17-13;6-3-4-1-2-5-3;/h1-11H;1-2H,(H2,4,5,6);/q;;+4. The van der Waals surface area contributed by atoms with Crippen LogP contribution in [-0.2, 0) is 21.1 Å². The first kappa shape index (κ1) is 18.9. The van der Waals surface area contributed by atoms with E-state index in [2.05, 4.69) is 37.1 Å². The summed E-state index contributed by atoms with van der Waals surface area (Å²) in [6.45, 7) is 0. The quantitative estimate of drug-likeness (QED) is 0.382. The SMILES string of the molecule is S=c1[nH]cc[nH]1.[Pt+4].c1ccc(-c2cccc(-c3ccccn3)n2)nc1. The van der Waals surface area contributed by atoms with Crippen LogP contribution >= 0.6 is 12.2 Å². The van der Waals surface area contributed by atoms with Crippen LogP contribution in [0, 0.1) is 4.77 Å². The van der Waals surface area contributed by atoms with Crippen molar-refractivity contribution >= 4 is 12.2 Å². The zero-order chi connectivity index (χ0) is 16.6. The van der Waals surface area contributed by atoms with Gasteiger partial charge in [0.2, 0.25) is 0 Å². The van der Waals surface area contributed by atoms with Gasteiger partial charge in [-0.1, -0.05) is 18.2 Å². The Hall–Kier alpha value is -2.43. The zero-order valence-electron chi connectivity index (χ0n) is 13.1. The molecule has 0 aliphatic carbocycles. The summed E-state index contributed by atoms with van der Waals surface area (Å²) in [6, 6.07) is 17.5. The summed E-state index contributed by atoms with van der Waals surface area (Å²) < 4.78 is 0.676. The van der Waals surface area contributed by atoms with Gasteiger partial charge >= 0.3 is 21.1 Å². The number of imidazole rings is 1. The maximum absolute atomic E-state index is 4.63. The van der Waals surface area contributed by atoms with Crippen LogP contribution in [0.5, 0.6) is 0 Å². The maximum atomic E-state index is 4.63. The summed E-state index contributed by atoms with van der Waals surface area (Å²) >= 11 is 4.63. The maximum Gasteiger partial charge on any atom is 4.00 e. The normalized spacial score (nSPS) is 9.44. The van der Waals surface area contributed by atoms with E-state index in [0.717, 1.165) is 22.8 Å². The summed E-state index contributed by atoms with van der Waals surface area (Å²) in [5, 5.41) is 0. The van der Waals surface area contributed by atoms with Crippen molar-refractivity contribution in [1.29, 1.82) is 0 Å².